The van der Waals surface area contributed by atoms with Crippen LogP contribution in [0.4, 0.5) is 0 Å². The van der Waals surface area contributed by atoms with E-state index in [0.29, 0.717) is 6.42 Å². The lowest BCUT2D eigenvalue weighted by molar-refractivity contribution is -0.486. The van der Waals surface area contributed by atoms with Crippen molar-refractivity contribution in [2.75, 3.05) is 13.2 Å². The van der Waals surface area contributed by atoms with Gasteiger partial charge >= 0.3 is 5.97 Å². The molecule has 0 rings (SSSR count). The van der Waals surface area contributed by atoms with E-state index in [9.17, 15) is 14.9 Å². The van der Waals surface area contributed by atoms with E-state index < -0.39 is 17.0 Å². The van der Waals surface area contributed by atoms with Crippen LogP contribution in [0.15, 0.2) is 5.10 Å². The first kappa shape index (κ1) is 14.1. The van der Waals surface area contributed by atoms with Gasteiger partial charge in [0.15, 0.2) is 5.03 Å². The number of carbonyl (C=O) groups is 1. The molecule has 0 aliphatic heterocycles. The molecule has 92 valence electrons. The van der Waals surface area contributed by atoms with Gasteiger partial charge in [0.1, 0.15) is 5.10 Å². The van der Waals surface area contributed by atoms with Gasteiger partial charge in [-0.1, -0.05) is 0 Å². The summed E-state index contributed by atoms with van der Waals surface area (Å²) in [5.41, 5.74) is 6.80. The first-order valence-electron chi connectivity index (χ1n) is 4.26. The molecule has 10 heteroatoms. The molecular formula is C6H13N5O5. The van der Waals surface area contributed by atoms with Crippen LogP contribution in [-0.4, -0.2) is 40.3 Å². The van der Waals surface area contributed by atoms with Gasteiger partial charge in [0.2, 0.25) is 0 Å². The zero-order chi connectivity index (χ0) is 12.6. The van der Waals surface area contributed by atoms with E-state index in [4.69, 9.17) is 10.9 Å². The fourth-order valence-corrected chi connectivity index (χ4v) is 0.792. The molecule has 0 bridgehead atoms. The maximum Gasteiger partial charge on any atom is 0.302 e. The van der Waals surface area contributed by atoms with Crippen LogP contribution in [0.2, 0.25) is 0 Å². The van der Waals surface area contributed by atoms with Crippen molar-refractivity contribution in [3.8, 4) is 0 Å². The summed E-state index contributed by atoms with van der Waals surface area (Å²) in [4.78, 5) is 20.4. The van der Waals surface area contributed by atoms with E-state index in [2.05, 4.69) is 9.84 Å². The summed E-state index contributed by atoms with van der Waals surface area (Å²) in [6.07, 6.45) is 0.321. The molecule has 16 heavy (non-hydrogen) atoms. The molecule has 0 atom stereocenters. The number of hydrogen-bond donors (Lipinski definition) is 3. The van der Waals surface area contributed by atoms with Crippen LogP contribution in [0.3, 0.4) is 0 Å². The quantitative estimate of drug-likeness (QED) is 0.128. The molecule has 0 saturated carbocycles. The number of guanidine groups is 1. The highest BCUT2D eigenvalue weighted by atomic mass is 16.7. The molecule has 0 spiro atoms. The third-order valence-electron chi connectivity index (χ3n) is 1.41. The summed E-state index contributed by atoms with van der Waals surface area (Å²) >= 11 is 0. The van der Waals surface area contributed by atoms with Crippen LogP contribution in [-0.2, 0) is 9.53 Å². The van der Waals surface area contributed by atoms with E-state index in [0.717, 1.165) is 5.01 Å². The average molecular weight is 235 g/mol. The first-order chi connectivity index (χ1) is 7.47. The molecule has 10 nitrogen and oxygen atoms in total. The number of carbonyl (C=O) groups excluding carboxylic acids is 1. The Bertz CT molecular complexity index is 280. The number of nitrogens with two attached hydrogens (primary N) is 1. The van der Waals surface area contributed by atoms with Crippen LogP contribution in [0.1, 0.15) is 13.3 Å². The van der Waals surface area contributed by atoms with Crippen molar-refractivity contribution in [2.45, 2.75) is 13.3 Å². The minimum absolute atomic E-state index is 0.0902. The highest BCUT2D eigenvalue weighted by molar-refractivity contribution is 5.76. The number of ether oxygens (including phenoxy) is 1. The van der Waals surface area contributed by atoms with E-state index >= 15 is 0 Å². The van der Waals surface area contributed by atoms with Crippen molar-refractivity contribution in [2.24, 2.45) is 10.8 Å². The largest absolute Gasteiger partial charge is 0.466 e. The standard InChI is InChI=1S/C6H13N5O5/c1-5(12)16-4-2-3-10(9-13)6(7)8-11(14)15/h9,13H,2-4H2,1H3,(H2,7,8). The molecule has 0 aliphatic rings. The van der Waals surface area contributed by atoms with Crippen LogP contribution in [0, 0.1) is 10.1 Å². The Morgan fingerprint density at radius 2 is 2.38 bits per heavy atom. The predicted molar refractivity (Wildman–Crippen MR) is 51.5 cm³/mol. The number of nitrogens with zero attached hydrogens (tertiary/aromatic N) is 3. The van der Waals surface area contributed by atoms with Gasteiger partial charge in [0.25, 0.3) is 5.96 Å². The lowest BCUT2D eigenvalue weighted by atomic mass is 10.4. The lowest BCUT2D eigenvalue weighted by Crippen LogP contribution is -2.46. The Balaban J connectivity index is 4.01. The highest BCUT2D eigenvalue weighted by Gasteiger charge is 2.10. The van der Waals surface area contributed by atoms with Crippen LogP contribution >= 0.6 is 0 Å². The SMILES string of the molecule is CC(=O)OCCCN(NO)C(N)=N[N+](=O)[O-]. The molecule has 0 saturated heterocycles. The van der Waals surface area contributed by atoms with Gasteiger partial charge in [-0.25, -0.2) is 10.1 Å². The molecule has 0 amide bonds. The van der Waals surface area contributed by atoms with E-state index in [1.807, 2.05) is 0 Å². The lowest BCUT2D eigenvalue weighted by Gasteiger charge is -2.18. The molecule has 0 aromatic carbocycles. The van der Waals surface area contributed by atoms with Crippen LogP contribution < -0.4 is 11.3 Å². The van der Waals surface area contributed by atoms with Crippen molar-refractivity contribution in [1.29, 1.82) is 0 Å². The fourth-order valence-electron chi connectivity index (χ4n) is 0.792. The Morgan fingerprint density at radius 3 is 2.81 bits per heavy atom. The molecule has 0 heterocycles. The second-order valence-corrected chi connectivity index (χ2v) is 2.64. The minimum atomic E-state index is -0.994. The van der Waals surface area contributed by atoms with E-state index in [1.165, 1.54) is 6.92 Å². The molecule has 0 aliphatic carbocycles. The normalized spacial score (nSPS) is 11.0. The third-order valence-corrected chi connectivity index (χ3v) is 1.41. The van der Waals surface area contributed by atoms with Gasteiger partial charge in [-0.3, -0.25) is 15.0 Å². The first-order valence-corrected chi connectivity index (χ1v) is 4.26. The molecular weight excluding hydrogens is 222 g/mol. The number of hydrogen-bond acceptors (Lipinski definition) is 6. The van der Waals surface area contributed by atoms with Gasteiger partial charge in [0.05, 0.1) is 6.61 Å². The zero-order valence-electron chi connectivity index (χ0n) is 8.62. The molecule has 0 radical (unpaired) electrons. The van der Waals surface area contributed by atoms with E-state index in [-0.39, 0.29) is 13.2 Å². The van der Waals surface area contributed by atoms with Gasteiger partial charge < -0.3 is 10.5 Å². The van der Waals surface area contributed by atoms with Crippen molar-refractivity contribution in [3.63, 3.8) is 0 Å². The molecule has 0 aromatic rings. The maximum atomic E-state index is 10.4. The summed E-state index contributed by atoms with van der Waals surface area (Å²) in [5.74, 6) is -0.939. The number of rotatable bonds is 6. The maximum absolute atomic E-state index is 10.4. The fraction of sp³-hybridized carbons (Fsp3) is 0.667. The minimum Gasteiger partial charge on any atom is -0.466 e. The second-order valence-electron chi connectivity index (χ2n) is 2.64. The summed E-state index contributed by atoms with van der Waals surface area (Å²) < 4.78 is 4.61. The molecule has 0 fully saturated rings. The number of esters is 1. The van der Waals surface area contributed by atoms with Crippen molar-refractivity contribution >= 4 is 11.9 Å². The summed E-state index contributed by atoms with van der Waals surface area (Å²) in [6.45, 7) is 1.46. The summed E-state index contributed by atoms with van der Waals surface area (Å²) in [6, 6.07) is 0. The number of nitrogens with one attached hydrogen (secondary N) is 1. The van der Waals surface area contributed by atoms with Gasteiger partial charge in [-0.15, -0.1) is 5.59 Å². The molecule has 0 unspecified atom stereocenters. The number of hydrazine groups is 1. The zero-order valence-corrected chi connectivity index (χ0v) is 8.62. The number of nitro groups is 1. The topological polar surface area (TPSA) is 143 Å². The van der Waals surface area contributed by atoms with Crippen LogP contribution in [0.5, 0.6) is 0 Å². The Kier molecular flexibility index (Phi) is 6.47. The van der Waals surface area contributed by atoms with Gasteiger partial charge in [-0.05, 0) is 0 Å². The Hall–Kier alpha value is -1.94. The van der Waals surface area contributed by atoms with Gasteiger partial charge in [-0.2, -0.15) is 0 Å². The summed E-state index contributed by atoms with van der Waals surface area (Å²) in [7, 11) is 0. The number of hydrazone groups is 1. The Labute approximate surface area is 90.7 Å². The highest BCUT2D eigenvalue weighted by Crippen LogP contribution is 1.89. The summed E-state index contributed by atoms with van der Waals surface area (Å²) in [5, 5.41) is 21.2. The van der Waals surface area contributed by atoms with Crippen molar-refractivity contribution < 1.29 is 19.8 Å². The average Bonchev–Trinajstić information content (AvgIpc) is 2.16. The van der Waals surface area contributed by atoms with Crippen molar-refractivity contribution in [3.05, 3.63) is 10.1 Å². The third kappa shape index (κ3) is 6.50. The van der Waals surface area contributed by atoms with Crippen molar-refractivity contribution in [1.82, 2.24) is 10.6 Å². The van der Waals surface area contributed by atoms with Gasteiger partial charge in [0, 0.05) is 19.9 Å². The van der Waals surface area contributed by atoms with Crippen LogP contribution in [0.25, 0.3) is 0 Å². The smallest absolute Gasteiger partial charge is 0.302 e. The second kappa shape index (κ2) is 7.36. The van der Waals surface area contributed by atoms with E-state index in [1.54, 1.807) is 5.59 Å². The monoisotopic (exact) mass is 235 g/mol. The predicted octanol–water partition coefficient (Wildman–Crippen LogP) is -1.36. The molecule has 4 N–H and O–H groups in total. The molecule has 0 aromatic heterocycles. The Morgan fingerprint density at radius 1 is 1.75 bits per heavy atom.